The Labute approximate surface area is 156 Å². The number of hydrazine groups is 1. The van der Waals surface area contributed by atoms with Crippen molar-refractivity contribution in [3.05, 3.63) is 90.0 Å². The first-order chi connectivity index (χ1) is 13.1. The molecule has 0 unspecified atom stereocenters. The molecule has 0 atom stereocenters. The van der Waals surface area contributed by atoms with Gasteiger partial charge in [0.1, 0.15) is 17.2 Å². The number of ether oxygens (including phenoxy) is 1. The number of rotatable bonds is 5. The fourth-order valence-corrected chi connectivity index (χ4v) is 2.34. The highest BCUT2D eigenvalue weighted by molar-refractivity contribution is 5.95. The summed E-state index contributed by atoms with van der Waals surface area (Å²) >= 11 is 0. The molecule has 3 aromatic carbocycles. The monoisotopic (exact) mass is 362 g/mol. The van der Waals surface area contributed by atoms with Crippen LogP contribution in [0.4, 0.5) is 0 Å². The zero-order chi connectivity index (χ0) is 19.1. The zero-order valence-electron chi connectivity index (χ0n) is 14.4. The quantitative estimate of drug-likeness (QED) is 0.608. The van der Waals surface area contributed by atoms with Gasteiger partial charge >= 0.3 is 0 Å². The first-order valence-corrected chi connectivity index (χ1v) is 8.30. The summed E-state index contributed by atoms with van der Waals surface area (Å²) in [7, 11) is 0. The summed E-state index contributed by atoms with van der Waals surface area (Å²) < 4.78 is 5.70. The second-order valence-corrected chi connectivity index (χ2v) is 5.79. The standard InChI is InChI=1S/C21H18N2O4/c24-17-10-8-16(9-11-17)21(26)23-22-20(25)14-15-6-12-19(13-7-15)27-18-4-2-1-3-5-18/h1-13,24H,14H2,(H,22,25)(H,23,26). The van der Waals surface area contributed by atoms with Crippen LogP contribution in [0.15, 0.2) is 78.9 Å². The van der Waals surface area contributed by atoms with Crippen molar-refractivity contribution in [2.24, 2.45) is 0 Å². The maximum atomic E-state index is 12.0. The third kappa shape index (κ3) is 5.34. The van der Waals surface area contributed by atoms with Crippen LogP contribution in [-0.2, 0) is 11.2 Å². The second kappa shape index (κ2) is 8.53. The van der Waals surface area contributed by atoms with Crippen molar-refractivity contribution < 1.29 is 19.4 Å². The molecule has 0 aliphatic rings. The van der Waals surface area contributed by atoms with Gasteiger partial charge in [-0.1, -0.05) is 30.3 Å². The molecule has 0 aliphatic carbocycles. The molecule has 3 N–H and O–H groups in total. The van der Waals surface area contributed by atoms with Crippen LogP contribution in [0.25, 0.3) is 0 Å². The predicted octanol–water partition coefficient (Wildman–Crippen LogP) is 3.19. The lowest BCUT2D eigenvalue weighted by Gasteiger charge is -2.09. The molecule has 27 heavy (non-hydrogen) atoms. The van der Waals surface area contributed by atoms with E-state index in [1.165, 1.54) is 24.3 Å². The van der Waals surface area contributed by atoms with E-state index < -0.39 is 5.91 Å². The van der Waals surface area contributed by atoms with Gasteiger partial charge in [0, 0.05) is 5.56 Å². The lowest BCUT2D eigenvalue weighted by molar-refractivity contribution is -0.121. The van der Waals surface area contributed by atoms with E-state index in [2.05, 4.69) is 10.9 Å². The summed E-state index contributed by atoms with van der Waals surface area (Å²) in [6.45, 7) is 0. The van der Waals surface area contributed by atoms with Crippen LogP contribution in [0.1, 0.15) is 15.9 Å². The van der Waals surface area contributed by atoms with E-state index in [1.807, 2.05) is 30.3 Å². The average Bonchev–Trinajstić information content (AvgIpc) is 2.69. The largest absolute Gasteiger partial charge is 0.508 e. The third-order valence-electron chi connectivity index (χ3n) is 3.71. The van der Waals surface area contributed by atoms with Crippen molar-refractivity contribution in [3.8, 4) is 17.2 Å². The first-order valence-electron chi connectivity index (χ1n) is 8.30. The van der Waals surface area contributed by atoms with Gasteiger partial charge in [-0.25, -0.2) is 0 Å². The number of hydrogen-bond acceptors (Lipinski definition) is 4. The molecule has 0 heterocycles. The van der Waals surface area contributed by atoms with E-state index in [-0.39, 0.29) is 18.1 Å². The van der Waals surface area contributed by atoms with E-state index in [4.69, 9.17) is 4.74 Å². The van der Waals surface area contributed by atoms with Crippen LogP contribution < -0.4 is 15.6 Å². The normalized spacial score (nSPS) is 10.1. The van der Waals surface area contributed by atoms with Crippen molar-refractivity contribution in [2.75, 3.05) is 0 Å². The summed E-state index contributed by atoms with van der Waals surface area (Å²) in [5.41, 5.74) is 5.82. The van der Waals surface area contributed by atoms with Crippen LogP contribution in [0.5, 0.6) is 17.2 Å². The predicted molar refractivity (Wildman–Crippen MR) is 100 cm³/mol. The van der Waals surface area contributed by atoms with Gasteiger partial charge in [-0.2, -0.15) is 0 Å². The van der Waals surface area contributed by atoms with E-state index in [0.717, 1.165) is 11.3 Å². The molecule has 0 spiro atoms. The highest BCUT2D eigenvalue weighted by atomic mass is 16.5. The topological polar surface area (TPSA) is 87.7 Å². The molecule has 2 amide bonds. The first kappa shape index (κ1) is 18.0. The molecular formula is C21H18N2O4. The van der Waals surface area contributed by atoms with E-state index in [1.54, 1.807) is 24.3 Å². The Morgan fingerprint density at radius 1 is 0.778 bits per heavy atom. The van der Waals surface area contributed by atoms with Crippen molar-refractivity contribution >= 4 is 11.8 Å². The molecular weight excluding hydrogens is 344 g/mol. The minimum absolute atomic E-state index is 0.0651. The fourth-order valence-electron chi connectivity index (χ4n) is 2.34. The summed E-state index contributed by atoms with van der Waals surface area (Å²) in [6.07, 6.45) is 0.113. The maximum Gasteiger partial charge on any atom is 0.269 e. The molecule has 0 fully saturated rings. The summed E-state index contributed by atoms with van der Waals surface area (Å²) in [4.78, 5) is 23.9. The van der Waals surface area contributed by atoms with Gasteiger partial charge in [0.15, 0.2) is 0 Å². The number of carbonyl (C=O) groups is 2. The summed E-state index contributed by atoms with van der Waals surface area (Å²) in [6, 6.07) is 22.3. The molecule has 0 saturated carbocycles. The highest BCUT2D eigenvalue weighted by Crippen LogP contribution is 2.21. The number of nitrogens with one attached hydrogen (secondary N) is 2. The molecule has 3 rings (SSSR count). The number of amides is 2. The smallest absolute Gasteiger partial charge is 0.269 e. The molecule has 0 bridgehead atoms. The molecule has 6 heteroatoms. The minimum Gasteiger partial charge on any atom is -0.508 e. The van der Waals surface area contributed by atoms with Crippen LogP contribution in [-0.4, -0.2) is 16.9 Å². The van der Waals surface area contributed by atoms with Crippen molar-refractivity contribution in [1.29, 1.82) is 0 Å². The maximum absolute atomic E-state index is 12.0. The minimum atomic E-state index is -0.463. The Morgan fingerprint density at radius 2 is 1.41 bits per heavy atom. The van der Waals surface area contributed by atoms with Crippen molar-refractivity contribution in [3.63, 3.8) is 0 Å². The average molecular weight is 362 g/mol. The number of benzene rings is 3. The molecule has 0 aliphatic heterocycles. The number of phenolic OH excluding ortho intramolecular Hbond substituents is 1. The molecule has 6 nitrogen and oxygen atoms in total. The van der Waals surface area contributed by atoms with E-state index in [0.29, 0.717) is 11.3 Å². The van der Waals surface area contributed by atoms with Gasteiger partial charge in [0.2, 0.25) is 5.91 Å². The van der Waals surface area contributed by atoms with Gasteiger partial charge in [-0.05, 0) is 54.1 Å². The third-order valence-corrected chi connectivity index (χ3v) is 3.71. The lowest BCUT2D eigenvalue weighted by Crippen LogP contribution is -2.42. The number of phenols is 1. The Kier molecular flexibility index (Phi) is 5.69. The van der Waals surface area contributed by atoms with Gasteiger partial charge < -0.3 is 9.84 Å². The SMILES string of the molecule is O=C(Cc1ccc(Oc2ccccc2)cc1)NNC(=O)c1ccc(O)cc1. The van der Waals surface area contributed by atoms with E-state index >= 15 is 0 Å². The fraction of sp³-hybridized carbons (Fsp3) is 0.0476. The van der Waals surface area contributed by atoms with Crippen molar-refractivity contribution in [2.45, 2.75) is 6.42 Å². The Morgan fingerprint density at radius 3 is 2.07 bits per heavy atom. The molecule has 3 aromatic rings. The molecule has 0 aromatic heterocycles. The van der Waals surface area contributed by atoms with Gasteiger partial charge in [-0.3, -0.25) is 20.4 Å². The highest BCUT2D eigenvalue weighted by Gasteiger charge is 2.08. The number of aromatic hydroxyl groups is 1. The van der Waals surface area contributed by atoms with Crippen LogP contribution in [0, 0.1) is 0 Å². The van der Waals surface area contributed by atoms with E-state index in [9.17, 15) is 14.7 Å². The Hall–Kier alpha value is -3.80. The van der Waals surface area contributed by atoms with Gasteiger partial charge in [0.05, 0.1) is 6.42 Å². The van der Waals surface area contributed by atoms with Gasteiger partial charge in [0.25, 0.3) is 5.91 Å². The summed E-state index contributed by atoms with van der Waals surface area (Å²) in [5.74, 6) is 0.662. The van der Waals surface area contributed by atoms with Crippen molar-refractivity contribution in [1.82, 2.24) is 10.9 Å². The zero-order valence-corrected chi connectivity index (χ0v) is 14.4. The van der Waals surface area contributed by atoms with Crippen LogP contribution >= 0.6 is 0 Å². The Balaban J connectivity index is 1.49. The summed E-state index contributed by atoms with van der Waals surface area (Å²) in [5, 5.41) is 9.21. The second-order valence-electron chi connectivity index (χ2n) is 5.79. The van der Waals surface area contributed by atoms with Crippen LogP contribution in [0.2, 0.25) is 0 Å². The van der Waals surface area contributed by atoms with Crippen LogP contribution in [0.3, 0.4) is 0 Å². The lowest BCUT2D eigenvalue weighted by atomic mass is 10.1. The number of para-hydroxylation sites is 1. The Bertz CT molecular complexity index is 907. The molecule has 0 saturated heterocycles. The molecule has 0 radical (unpaired) electrons. The number of hydrogen-bond donors (Lipinski definition) is 3. The molecule has 136 valence electrons. The van der Waals surface area contributed by atoms with Gasteiger partial charge in [-0.15, -0.1) is 0 Å². The number of carbonyl (C=O) groups excluding carboxylic acids is 2.